The minimum absolute atomic E-state index is 0.0425. The van der Waals surface area contributed by atoms with Crippen molar-refractivity contribution in [3.63, 3.8) is 0 Å². The molecule has 1 atom stereocenters. The molecule has 7 heteroatoms. The number of benzene rings is 2. The topological polar surface area (TPSA) is 71.1 Å². The standard InChI is InChI=1S/C26H33N3O4/c30-24-11-4-5-12-29(24)25(22-8-2-1-3-9-22)26(31)27-20-21-7-6-10-23(19-21)33-18-15-28-13-16-32-17-14-28/h1-3,6-10,19,25H,4-5,11-18,20H2,(H,27,31). The van der Waals surface area contributed by atoms with Crippen LogP contribution in [0.2, 0.25) is 0 Å². The van der Waals surface area contributed by atoms with Crippen LogP contribution in [-0.2, 0) is 20.9 Å². The van der Waals surface area contributed by atoms with Crippen LogP contribution >= 0.6 is 0 Å². The van der Waals surface area contributed by atoms with Crippen molar-refractivity contribution in [1.82, 2.24) is 15.1 Å². The summed E-state index contributed by atoms with van der Waals surface area (Å²) < 4.78 is 11.3. The van der Waals surface area contributed by atoms with Gasteiger partial charge < -0.3 is 19.7 Å². The molecule has 0 aromatic heterocycles. The summed E-state index contributed by atoms with van der Waals surface area (Å²) in [6, 6.07) is 16.8. The summed E-state index contributed by atoms with van der Waals surface area (Å²) in [4.78, 5) is 29.9. The lowest BCUT2D eigenvalue weighted by Gasteiger charge is -2.34. The summed E-state index contributed by atoms with van der Waals surface area (Å²) >= 11 is 0. The number of hydrogen-bond acceptors (Lipinski definition) is 5. The average molecular weight is 452 g/mol. The van der Waals surface area contributed by atoms with Crippen LogP contribution in [0.1, 0.15) is 36.4 Å². The summed E-state index contributed by atoms with van der Waals surface area (Å²) in [5, 5.41) is 3.04. The lowest BCUT2D eigenvalue weighted by atomic mass is 10.0. The Morgan fingerprint density at radius 2 is 1.85 bits per heavy atom. The van der Waals surface area contributed by atoms with Crippen LogP contribution in [-0.4, -0.2) is 67.6 Å². The van der Waals surface area contributed by atoms with Gasteiger partial charge in [0, 0.05) is 39.1 Å². The molecule has 1 unspecified atom stereocenters. The molecule has 176 valence electrons. The van der Waals surface area contributed by atoms with Gasteiger partial charge in [0.25, 0.3) is 0 Å². The van der Waals surface area contributed by atoms with Crippen LogP contribution in [0.4, 0.5) is 0 Å². The molecule has 0 aliphatic carbocycles. The van der Waals surface area contributed by atoms with E-state index >= 15 is 0 Å². The van der Waals surface area contributed by atoms with Crippen molar-refractivity contribution in [1.29, 1.82) is 0 Å². The summed E-state index contributed by atoms with van der Waals surface area (Å²) in [6.45, 7) is 5.92. The van der Waals surface area contributed by atoms with E-state index in [1.807, 2.05) is 54.6 Å². The van der Waals surface area contributed by atoms with Crippen molar-refractivity contribution < 1.29 is 19.1 Å². The molecule has 4 rings (SSSR count). The molecule has 0 spiro atoms. The Morgan fingerprint density at radius 1 is 1.03 bits per heavy atom. The summed E-state index contributed by atoms with van der Waals surface area (Å²) in [7, 11) is 0. The second kappa shape index (κ2) is 11.8. The number of carbonyl (C=O) groups excluding carboxylic acids is 2. The molecule has 0 saturated carbocycles. The van der Waals surface area contributed by atoms with E-state index < -0.39 is 6.04 Å². The van der Waals surface area contributed by atoms with E-state index in [4.69, 9.17) is 9.47 Å². The van der Waals surface area contributed by atoms with Crippen molar-refractivity contribution in [2.24, 2.45) is 0 Å². The quantitative estimate of drug-likeness (QED) is 0.635. The minimum atomic E-state index is -0.605. The first kappa shape index (κ1) is 23.3. The molecule has 1 N–H and O–H groups in total. The predicted molar refractivity (Wildman–Crippen MR) is 126 cm³/mol. The first-order valence-corrected chi connectivity index (χ1v) is 11.8. The maximum absolute atomic E-state index is 13.2. The molecule has 0 bridgehead atoms. The molecule has 2 aromatic carbocycles. The molecule has 2 amide bonds. The number of piperidine rings is 1. The second-order valence-electron chi connectivity index (χ2n) is 8.53. The van der Waals surface area contributed by atoms with Gasteiger partial charge in [0.15, 0.2) is 0 Å². The molecule has 2 aromatic rings. The third-order valence-electron chi connectivity index (χ3n) is 6.18. The Labute approximate surface area is 195 Å². The number of nitrogens with one attached hydrogen (secondary N) is 1. The van der Waals surface area contributed by atoms with Gasteiger partial charge in [-0.2, -0.15) is 0 Å². The zero-order valence-corrected chi connectivity index (χ0v) is 19.1. The van der Waals surface area contributed by atoms with Gasteiger partial charge in [-0.05, 0) is 36.1 Å². The summed E-state index contributed by atoms with van der Waals surface area (Å²) in [6.07, 6.45) is 2.31. The van der Waals surface area contributed by atoms with Crippen molar-refractivity contribution in [3.05, 3.63) is 65.7 Å². The first-order valence-electron chi connectivity index (χ1n) is 11.8. The maximum atomic E-state index is 13.2. The molecule has 7 nitrogen and oxygen atoms in total. The van der Waals surface area contributed by atoms with E-state index in [9.17, 15) is 9.59 Å². The third-order valence-corrected chi connectivity index (χ3v) is 6.18. The number of rotatable bonds is 9. The smallest absolute Gasteiger partial charge is 0.247 e. The molecule has 33 heavy (non-hydrogen) atoms. The van der Waals surface area contributed by atoms with Gasteiger partial charge in [0.05, 0.1) is 13.2 Å². The van der Waals surface area contributed by atoms with E-state index in [1.54, 1.807) is 4.90 Å². The van der Waals surface area contributed by atoms with Crippen molar-refractivity contribution in [3.8, 4) is 5.75 Å². The molecule has 2 saturated heterocycles. The number of ether oxygens (including phenoxy) is 2. The molecular formula is C26H33N3O4. The zero-order chi connectivity index (χ0) is 22.9. The fourth-order valence-corrected chi connectivity index (χ4v) is 4.36. The molecule has 2 heterocycles. The predicted octanol–water partition coefficient (Wildman–Crippen LogP) is 2.77. The highest BCUT2D eigenvalue weighted by Gasteiger charge is 2.32. The van der Waals surface area contributed by atoms with E-state index in [0.717, 1.165) is 62.6 Å². The lowest BCUT2D eigenvalue weighted by Crippen LogP contribution is -2.45. The fourth-order valence-electron chi connectivity index (χ4n) is 4.36. The number of carbonyl (C=O) groups is 2. The summed E-state index contributed by atoms with van der Waals surface area (Å²) in [5.74, 6) is 0.678. The number of hydrogen-bond donors (Lipinski definition) is 1. The highest BCUT2D eigenvalue weighted by atomic mass is 16.5. The Bertz CT molecular complexity index is 915. The lowest BCUT2D eigenvalue weighted by molar-refractivity contribution is -0.142. The normalized spacial score (nSPS) is 18.1. The monoisotopic (exact) mass is 451 g/mol. The number of morpholine rings is 1. The van der Waals surface area contributed by atoms with Gasteiger partial charge in [-0.1, -0.05) is 42.5 Å². The van der Waals surface area contributed by atoms with E-state index in [-0.39, 0.29) is 11.8 Å². The summed E-state index contributed by atoms with van der Waals surface area (Å²) in [5.41, 5.74) is 1.80. The van der Waals surface area contributed by atoms with Gasteiger partial charge in [0.2, 0.25) is 11.8 Å². The first-order chi connectivity index (χ1) is 16.2. The minimum Gasteiger partial charge on any atom is -0.492 e. The Morgan fingerprint density at radius 3 is 2.64 bits per heavy atom. The zero-order valence-electron chi connectivity index (χ0n) is 19.1. The second-order valence-corrected chi connectivity index (χ2v) is 8.53. The average Bonchev–Trinajstić information content (AvgIpc) is 2.86. The van der Waals surface area contributed by atoms with E-state index in [0.29, 0.717) is 26.1 Å². The van der Waals surface area contributed by atoms with Gasteiger partial charge in [-0.3, -0.25) is 14.5 Å². The van der Waals surface area contributed by atoms with Gasteiger partial charge in [-0.25, -0.2) is 0 Å². The Kier molecular flexibility index (Phi) is 8.33. The van der Waals surface area contributed by atoms with Crippen LogP contribution in [0.25, 0.3) is 0 Å². The van der Waals surface area contributed by atoms with Gasteiger partial charge >= 0.3 is 0 Å². The Balaban J connectivity index is 1.35. The SMILES string of the molecule is O=C(NCc1cccc(OCCN2CCOCC2)c1)C(c1ccccc1)N1CCCCC1=O. The molecule has 2 aliphatic rings. The number of nitrogens with zero attached hydrogens (tertiary/aromatic N) is 2. The van der Waals surface area contributed by atoms with E-state index in [1.165, 1.54) is 0 Å². The highest BCUT2D eigenvalue weighted by molar-refractivity contribution is 5.89. The van der Waals surface area contributed by atoms with E-state index in [2.05, 4.69) is 10.2 Å². The molecule has 2 fully saturated rings. The van der Waals surface area contributed by atoms with Gasteiger partial charge in [-0.15, -0.1) is 0 Å². The molecular weight excluding hydrogens is 418 g/mol. The van der Waals surface area contributed by atoms with Crippen LogP contribution in [0.3, 0.4) is 0 Å². The molecule has 0 radical (unpaired) electrons. The molecule has 2 aliphatic heterocycles. The maximum Gasteiger partial charge on any atom is 0.247 e. The van der Waals surface area contributed by atoms with Crippen molar-refractivity contribution in [2.45, 2.75) is 31.8 Å². The van der Waals surface area contributed by atoms with Crippen molar-refractivity contribution >= 4 is 11.8 Å². The number of likely N-dealkylation sites (tertiary alicyclic amines) is 1. The largest absolute Gasteiger partial charge is 0.492 e. The Hall–Kier alpha value is -2.90. The van der Waals surface area contributed by atoms with Crippen LogP contribution in [0.15, 0.2) is 54.6 Å². The highest BCUT2D eigenvalue weighted by Crippen LogP contribution is 2.26. The van der Waals surface area contributed by atoms with Crippen LogP contribution in [0.5, 0.6) is 5.75 Å². The van der Waals surface area contributed by atoms with Crippen LogP contribution in [0, 0.1) is 0 Å². The van der Waals surface area contributed by atoms with Crippen LogP contribution < -0.4 is 10.1 Å². The number of amides is 2. The van der Waals surface area contributed by atoms with Crippen molar-refractivity contribution in [2.75, 3.05) is 46.0 Å². The fraction of sp³-hybridized carbons (Fsp3) is 0.462. The third kappa shape index (κ3) is 6.55. The van der Waals surface area contributed by atoms with Gasteiger partial charge in [0.1, 0.15) is 18.4 Å².